The highest BCUT2D eigenvalue weighted by Gasteiger charge is 1.99. The second-order valence-electron chi connectivity index (χ2n) is 3.08. The number of nitrogens with zero attached hydrogens (tertiary/aromatic N) is 1. The predicted octanol–water partition coefficient (Wildman–Crippen LogP) is 3.37. The highest BCUT2D eigenvalue weighted by molar-refractivity contribution is 5.96. The van der Waals surface area contributed by atoms with Crippen LogP contribution in [0.5, 0.6) is 0 Å². The summed E-state index contributed by atoms with van der Waals surface area (Å²) in [5.41, 5.74) is 0.512. The van der Waals surface area contributed by atoms with E-state index in [1.165, 1.54) is 6.08 Å². The molecule has 70 valence electrons. The van der Waals surface area contributed by atoms with Gasteiger partial charge in [0.05, 0.1) is 5.71 Å². The molecule has 0 fully saturated rings. The van der Waals surface area contributed by atoms with Crippen LogP contribution in [0.2, 0.25) is 0 Å². The van der Waals surface area contributed by atoms with Crippen LogP contribution in [0.1, 0.15) is 34.1 Å². The van der Waals surface area contributed by atoms with Gasteiger partial charge >= 0.3 is 0 Å². The molecule has 1 unspecified atom stereocenters. The van der Waals surface area contributed by atoms with Gasteiger partial charge in [0.25, 0.3) is 0 Å². The van der Waals surface area contributed by atoms with Gasteiger partial charge < -0.3 is 0 Å². The normalized spacial score (nSPS) is 16.4. The molecule has 0 aliphatic carbocycles. The molecule has 0 spiro atoms. The topological polar surface area (TPSA) is 12.4 Å². The summed E-state index contributed by atoms with van der Waals surface area (Å²) in [6.45, 7) is 8.34. The number of halogens is 1. The van der Waals surface area contributed by atoms with E-state index in [0.717, 1.165) is 13.0 Å². The summed E-state index contributed by atoms with van der Waals surface area (Å²) in [6, 6.07) is 0. The maximum Gasteiger partial charge on any atom is 0.139 e. The van der Waals surface area contributed by atoms with E-state index in [1.807, 2.05) is 0 Å². The molecule has 0 aliphatic rings. The Bertz CT molecular complexity index is 182. The fourth-order valence-corrected chi connectivity index (χ4v) is 0.706. The molecule has 12 heavy (non-hydrogen) atoms. The van der Waals surface area contributed by atoms with Gasteiger partial charge in [0, 0.05) is 6.54 Å². The van der Waals surface area contributed by atoms with Crippen LogP contribution < -0.4 is 0 Å². The molecule has 0 bridgehead atoms. The smallest absolute Gasteiger partial charge is 0.139 e. The van der Waals surface area contributed by atoms with Crippen molar-refractivity contribution in [2.24, 2.45) is 10.9 Å². The van der Waals surface area contributed by atoms with Gasteiger partial charge in [-0.25, -0.2) is 4.39 Å². The summed E-state index contributed by atoms with van der Waals surface area (Å²) in [5, 5.41) is 0. The second kappa shape index (κ2) is 5.92. The lowest BCUT2D eigenvalue weighted by atomic mass is 10.1. The third-order valence-electron chi connectivity index (χ3n) is 1.94. The van der Waals surface area contributed by atoms with Gasteiger partial charge in [0.15, 0.2) is 0 Å². The first-order chi connectivity index (χ1) is 5.61. The standard InChI is InChI=1S/C10H18FN/c1-5-8(3)7-12-9(4)10(11)6-2/h6,8H,5,7H2,1-4H3/b10-6+,12-9?. The molecule has 0 aromatic rings. The average Bonchev–Trinajstić information content (AvgIpc) is 2.11. The molecular weight excluding hydrogens is 153 g/mol. The van der Waals surface area contributed by atoms with Gasteiger partial charge in [-0.05, 0) is 25.8 Å². The van der Waals surface area contributed by atoms with Gasteiger partial charge in [-0.15, -0.1) is 0 Å². The van der Waals surface area contributed by atoms with Crippen LogP contribution >= 0.6 is 0 Å². The zero-order chi connectivity index (χ0) is 9.56. The highest BCUT2D eigenvalue weighted by Crippen LogP contribution is 2.04. The Morgan fingerprint density at radius 1 is 1.58 bits per heavy atom. The first kappa shape index (κ1) is 11.3. The molecule has 1 nitrogen and oxygen atoms in total. The van der Waals surface area contributed by atoms with Crippen LogP contribution in [-0.4, -0.2) is 12.3 Å². The Labute approximate surface area is 74.4 Å². The molecule has 1 atom stereocenters. The maximum atomic E-state index is 12.8. The van der Waals surface area contributed by atoms with E-state index in [-0.39, 0.29) is 5.83 Å². The summed E-state index contributed by atoms with van der Waals surface area (Å²) >= 11 is 0. The largest absolute Gasteiger partial charge is 0.287 e. The molecule has 0 amide bonds. The summed E-state index contributed by atoms with van der Waals surface area (Å²) in [7, 11) is 0. The zero-order valence-electron chi connectivity index (χ0n) is 8.39. The monoisotopic (exact) mass is 171 g/mol. The van der Waals surface area contributed by atoms with Crippen molar-refractivity contribution in [3.63, 3.8) is 0 Å². The number of hydrogen-bond donors (Lipinski definition) is 0. The number of rotatable bonds is 4. The highest BCUT2D eigenvalue weighted by atomic mass is 19.1. The lowest BCUT2D eigenvalue weighted by molar-refractivity contribution is 0.575. The Kier molecular flexibility index (Phi) is 5.60. The third kappa shape index (κ3) is 4.27. The van der Waals surface area contributed by atoms with Gasteiger partial charge in [0.1, 0.15) is 5.83 Å². The number of hydrogen-bond acceptors (Lipinski definition) is 1. The van der Waals surface area contributed by atoms with Crippen LogP contribution in [0.15, 0.2) is 16.9 Å². The van der Waals surface area contributed by atoms with E-state index in [4.69, 9.17) is 0 Å². The van der Waals surface area contributed by atoms with Crippen molar-refractivity contribution in [3.8, 4) is 0 Å². The van der Waals surface area contributed by atoms with Gasteiger partial charge in [0.2, 0.25) is 0 Å². The molecule has 0 heterocycles. The van der Waals surface area contributed by atoms with Crippen LogP contribution in [0.25, 0.3) is 0 Å². The quantitative estimate of drug-likeness (QED) is 0.575. The molecule has 2 heteroatoms. The van der Waals surface area contributed by atoms with Crippen LogP contribution in [0.3, 0.4) is 0 Å². The Morgan fingerprint density at radius 3 is 2.58 bits per heavy atom. The van der Waals surface area contributed by atoms with E-state index in [0.29, 0.717) is 11.6 Å². The van der Waals surface area contributed by atoms with Crippen molar-refractivity contribution in [2.45, 2.75) is 34.1 Å². The van der Waals surface area contributed by atoms with Crippen LogP contribution in [0, 0.1) is 5.92 Å². The van der Waals surface area contributed by atoms with E-state index >= 15 is 0 Å². The summed E-state index contributed by atoms with van der Waals surface area (Å²) < 4.78 is 12.8. The summed E-state index contributed by atoms with van der Waals surface area (Å²) in [5.74, 6) is 0.336. The van der Waals surface area contributed by atoms with Crippen molar-refractivity contribution < 1.29 is 4.39 Å². The molecule has 0 aromatic heterocycles. The molecular formula is C10H18FN. The van der Waals surface area contributed by atoms with E-state index in [1.54, 1.807) is 13.8 Å². The molecule has 0 saturated carbocycles. The molecule has 0 radical (unpaired) electrons. The van der Waals surface area contributed by atoms with Crippen molar-refractivity contribution in [3.05, 3.63) is 11.9 Å². The first-order valence-corrected chi connectivity index (χ1v) is 4.45. The van der Waals surface area contributed by atoms with Crippen molar-refractivity contribution in [1.82, 2.24) is 0 Å². The minimum absolute atomic E-state index is 0.210. The van der Waals surface area contributed by atoms with Crippen molar-refractivity contribution in [2.75, 3.05) is 6.54 Å². The zero-order valence-corrected chi connectivity index (χ0v) is 8.39. The fraction of sp³-hybridized carbons (Fsp3) is 0.700. The maximum absolute atomic E-state index is 12.8. The van der Waals surface area contributed by atoms with E-state index in [9.17, 15) is 4.39 Å². The van der Waals surface area contributed by atoms with Gasteiger partial charge in [-0.2, -0.15) is 0 Å². The number of aliphatic imine (C=N–C) groups is 1. The van der Waals surface area contributed by atoms with E-state index in [2.05, 4.69) is 18.8 Å². The lowest BCUT2D eigenvalue weighted by Crippen LogP contribution is -2.01. The van der Waals surface area contributed by atoms with Crippen molar-refractivity contribution >= 4 is 5.71 Å². The SMILES string of the molecule is C/C=C(/F)C(C)=NCC(C)CC. The van der Waals surface area contributed by atoms with Crippen molar-refractivity contribution in [1.29, 1.82) is 0 Å². The Morgan fingerprint density at radius 2 is 2.17 bits per heavy atom. The number of allylic oxidation sites excluding steroid dienone is 2. The van der Waals surface area contributed by atoms with Gasteiger partial charge in [-0.1, -0.05) is 20.3 Å². The average molecular weight is 171 g/mol. The Hall–Kier alpha value is -0.660. The predicted molar refractivity (Wildman–Crippen MR) is 52.3 cm³/mol. The minimum Gasteiger partial charge on any atom is -0.287 e. The van der Waals surface area contributed by atoms with Crippen LogP contribution in [0.4, 0.5) is 4.39 Å². The van der Waals surface area contributed by atoms with E-state index < -0.39 is 0 Å². The molecule has 0 rings (SSSR count). The molecule has 0 aliphatic heterocycles. The lowest BCUT2D eigenvalue weighted by Gasteiger charge is -2.03. The molecule has 0 saturated heterocycles. The minimum atomic E-state index is -0.210. The first-order valence-electron chi connectivity index (χ1n) is 4.45. The molecule has 0 aromatic carbocycles. The Balaban J connectivity index is 4.01. The molecule has 0 N–H and O–H groups in total. The van der Waals surface area contributed by atoms with Crippen LogP contribution in [-0.2, 0) is 0 Å². The second-order valence-corrected chi connectivity index (χ2v) is 3.08. The third-order valence-corrected chi connectivity index (χ3v) is 1.94. The summed E-state index contributed by atoms with van der Waals surface area (Å²) in [4.78, 5) is 4.14. The van der Waals surface area contributed by atoms with Gasteiger partial charge in [-0.3, -0.25) is 4.99 Å². The summed E-state index contributed by atoms with van der Waals surface area (Å²) in [6.07, 6.45) is 2.53. The fourth-order valence-electron chi connectivity index (χ4n) is 0.706.